The van der Waals surface area contributed by atoms with Crippen molar-refractivity contribution in [2.45, 2.75) is 239 Å². The quantitative estimate of drug-likeness (QED) is 0.0498. The van der Waals surface area contributed by atoms with E-state index >= 15 is 0 Å². The maximum atomic E-state index is 6.85. The molecule has 1 aromatic heterocycles. The van der Waals surface area contributed by atoms with E-state index in [9.17, 15) is 0 Å². The predicted molar refractivity (Wildman–Crippen MR) is 221 cm³/mol. The molecule has 5 heteroatoms. The fourth-order valence-corrected chi connectivity index (χ4v) is 10.6. The first-order chi connectivity index (χ1) is 24.2. The standard InChI is InChI=1S/C44H86O3SSi/c1-5-8-11-14-17-20-23-26-29-32-38-45-49(42-37-43(4)44-36-35-41-48-44,46-39-33-30-27-24-21-18-15-12-9-6-2)47-40-34-31-28-25-22-19-16-13-10-7-3/h35-36,41,43H,5-34,37-40,42H2,1-4H3. The highest BCUT2D eigenvalue weighted by Crippen LogP contribution is 2.30. The zero-order valence-corrected chi connectivity index (χ0v) is 35.5. The minimum Gasteiger partial charge on any atom is -0.373 e. The second kappa shape index (κ2) is 36.2. The van der Waals surface area contributed by atoms with Crippen LogP contribution in [0.3, 0.4) is 0 Å². The Bertz CT molecular complexity index is 693. The molecule has 0 aromatic carbocycles. The van der Waals surface area contributed by atoms with Gasteiger partial charge in [-0.1, -0.05) is 207 Å². The largest absolute Gasteiger partial charge is 0.500 e. The highest BCUT2D eigenvalue weighted by atomic mass is 32.1. The van der Waals surface area contributed by atoms with Crippen LogP contribution < -0.4 is 0 Å². The van der Waals surface area contributed by atoms with Gasteiger partial charge in [0, 0.05) is 30.7 Å². The third-order valence-corrected chi connectivity index (χ3v) is 14.3. The van der Waals surface area contributed by atoms with E-state index in [1.165, 1.54) is 178 Å². The number of unbranched alkanes of at least 4 members (excludes halogenated alkanes) is 27. The molecule has 1 rings (SSSR count). The molecule has 49 heavy (non-hydrogen) atoms. The smallest absolute Gasteiger partial charge is 0.373 e. The van der Waals surface area contributed by atoms with Crippen molar-refractivity contribution in [2.75, 3.05) is 19.8 Å². The van der Waals surface area contributed by atoms with Gasteiger partial charge >= 0.3 is 8.80 Å². The minimum absolute atomic E-state index is 0.523. The Morgan fingerprint density at radius 1 is 0.469 bits per heavy atom. The molecule has 1 unspecified atom stereocenters. The molecule has 0 saturated heterocycles. The van der Waals surface area contributed by atoms with Gasteiger partial charge in [-0.3, -0.25) is 0 Å². The van der Waals surface area contributed by atoms with Gasteiger partial charge in [-0.05, 0) is 43.0 Å². The maximum absolute atomic E-state index is 6.85. The van der Waals surface area contributed by atoms with Crippen molar-refractivity contribution >= 4 is 20.1 Å². The number of thiophene rings is 1. The molecule has 0 N–H and O–H groups in total. The van der Waals surface area contributed by atoms with Crippen molar-refractivity contribution in [1.82, 2.24) is 0 Å². The molecule has 0 fully saturated rings. The lowest BCUT2D eigenvalue weighted by Gasteiger charge is -2.31. The summed E-state index contributed by atoms with van der Waals surface area (Å²) in [5.74, 6) is 0.523. The van der Waals surface area contributed by atoms with E-state index in [1.807, 2.05) is 11.3 Å². The van der Waals surface area contributed by atoms with Gasteiger partial charge in [0.1, 0.15) is 0 Å². The zero-order valence-electron chi connectivity index (χ0n) is 33.7. The van der Waals surface area contributed by atoms with Crippen LogP contribution in [0.5, 0.6) is 0 Å². The van der Waals surface area contributed by atoms with Crippen LogP contribution in [-0.2, 0) is 13.3 Å². The van der Waals surface area contributed by atoms with Crippen LogP contribution in [0.1, 0.15) is 238 Å². The Kier molecular flexibility index (Phi) is 34.6. The summed E-state index contributed by atoms with van der Waals surface area (Å²) in [6, 6.07) is 5.42. The van der Waals surface area contributed by atoms with Crippen molar-refractivity contribution in [3.05, 3.63) is 22.4 Å². The first kappa shape index (κ1) is 46.8. The molecule has 290 valence electrons. The van der Waals surface area contributed by atoms with Crippen molar-refractivity contribution in [3.8, 4) is 0 Å². The average Bonchev–Trinajstić information content (AvgIpc) is 3.66. The van der Waals surface area contributed by atoms with Crippen LogP contribution in [0.4, 0.5) is 0 Å². The van der Waals surface area contributed by atoms with Crippen LogP contribution in [0.25, 0.3) is 0 Å². The molecule has 0 aliphatic heterocycles. The molecular weight excluding hydrogens is 637 g/mol. The predicted octanol–water partition coefficient (Wildman–Crippen LogP) is 16.0. The Labute approximate surface area is 313 Å². The SMILES string of the molecule is CCCCCCCCCCCCO[Si](CCC(C)c1cccs1)(OCCCCCCCCCCCC)OCCCCCCCCCCCC. The van der Waals surface area contributed by atoms with Gasteiger partial charge < -0.3 is 13.3 Å². The van der Waals surface area contributed by atoms with Gasteiger partial charge in [0.05, 0.1) is 0 Å². The normalized spacial score (nSPS) is 12.7. The second-order valence-electron chi connectivity index (χ2n) is 15.2. The third-order valence-electron chi connectivity index (χ3n) is 10.4. The van der Waals surface area contributed by atoms with Crippen LogP contribution in [0.2, 0.25) is 6.04 Å². The van der Waals surface area contributed by atoms with Crippen LogP contribution in [0.15, 0.2) is 17.5 Å². The molecule has 0 saturated carbocycles. The van der Waals surface area contributed by atoms with Crippen LogP contribution in [-0.4, -0.2) is 28.6 Å². The summed E-state index contributed by atoms with van der Waals surface area (Å²) in [6.07, 6.45) is 41.5. The summed E-state index contributed by atoms with van der Waals surface area (Å²) in [5, 5.41) is 2.21. The molecule has 0 spiro atoms. The van der Waals surface area contributed by atoms with Gasteiger partial charge in [0.25, 0.3) is 0 Å². The Morgan fingerprint density at radius 2 is 0.776 bits per heavy atom. The van der Waals surface area contributed by atoms with Crippen molar-refractivity contribution in [1.29, 1.82) is 0 Å². The molecule has 0 radical (unpaired) electrons. The van der Waals surface area contributed by atoms with E-state index in [1.54, 1.807) is 0 Å². The van der Waals surface area contributed by atoms with E-state index in [0.29, 0.717) is 5.92 Å². The zero-order chi connectivity index (χ0) is 35.4. The maximum Gasteiger partial charge on any atom is 0.500 e. The Balaban J connectivity index is 2.60. The lowest BCUT2D eigenvalue weighted by atomic mass is 10.1. The molecule has 1 heterocycles. The second-order valence-corrected chi connectivity index (χ2v) is 18.9. The molecule has 3 nitrogen and oxygen atoms in total. The van der Waals surface area contributed by atoms with Gasteiger partial charge in [-0.25, -0.2) is 0 Å². The Hall–Kier alpha value is -0.203. The first-order valence-electron chi connectivity index (χ1n) is 22.1. The third kappa shape index (κ3) is 29.0. The highest BCUT2D eigenvalue weighted by molar-refractivity contribution is 7.10. The summed E-state index contributed by atoms with van der Waals surface area (Å²) in [5.41, 5.74) is 0. The minimum atomic E-state index is -2.75. The van der Waals surface area contributed by atoms with Crippen LogP contribution >= 0.6 is 11.3 Å². The molecule has 1 aromatic rings. The molecule has 0 bridgehead atoms. The number of hydrogen-bond donors (Lipinski definition) is 0. The lowest BCUT2D eigenvalue weighted by molar-refractivity contribution is 0.0544. The van der Waals surface area contributed by atoms with E-state index in [4.69, 9.17) is 13.3 Å². The summed E-state index contributed by atoms with van der Waals surface area (Å²) in [4.78, 5) is 1.47. The summed E-state index contributed by atoms with van der Waals surface area (Å²) >= 11 is 1.88. The van der Waals surface area contributed by atoms with E-state index in [0.717, 1.165) is 51.5 Å². The molecule has 1 atom stereocenters. The van der Waals surface area contributed by atoms with Gasteiger partial charge in [0.2, 0.25) is 0 Å². The Morgan fingerprint density at radius 3 is 1.06 bits per heavy atom. The molecule has 0 amide bonds. The fourth-order valence-electron chi connectivity index (χ4n) is 6.90. The summed E-state index contributed by atoms with van der Waals surface area (Å²) < 4.78 is 20.6. The monoisotopic (exact) mass is 723 g/mol. The topological polar surface area (TPSA) is 27.7 Å². The van der Waals surface area contributed by atoms with Crippen molar-refractivity contribution in [3.63, 3.8) is 0 Å². The summed E-state index contributed by atoms with van der Waals surface area (Å²) in [6.45, 7) is 11.7. The molecule has 0 aliphatic carbocycles. The van der Waals surface area contributed by atoms with Gasteiger partial charge in [0.15, 0.2) is 0 Å². The van der Waals surface area contributed by atoms with Crippen LogP contribution in [0, 0.1) is 0 Å². The van der Waals surface area contributed by atoms with E-state index < -0.39 is 8.80 Å². The average molecular weight is 723 g/mol. The van der Waals surface area contributed by atoms with E-state index in [-0.39, 0.29) is 0 Å². The van der Waals surface area contributed by atoms with Gasteiger partial charge in [-0.2, -0.15) is 0 Å². The fraction of sp³-hybridized carbons (Fsp3) is 0.909. The molecular formula is C44H86O3SSi. The summed E-state index contributed by atoms with van der Waals surface area (Å²) in [7, 11) is -2.75. The van der Waals surface area contributed by atoms with E-state index in [2.05, 4.69) is 45.2 Å². The van der Waals surface area contributed by atoms with Gasteiger partial charge in [-0.15, -0.1) is 11.3 Å². The molecule has 0 aliphatic rings. The number of hydrogen-bond acceptors (Lipinski definition) is 4. The highest BCUT2D eigenvalue weighted by Gasteiger charge is 2.41. The lowest BCUT2D eigenvalue weighted by Crippen LogP contribution is -2.47. The number of rotatable bonds is 40. The first-order valence-corrected chi connectivity index (χ1v) is 24.9. The van der Waals surface area contributed by atoms with Crippen molar-refractivity contribution in [2.24, 2.45) is 0 Å². The van der Waals surface area contributed by atoms with Crippen molar-refractivity contribution < 1.29 is 13.3 Å².